The number of rotatable bonds is 10. The van der Waals surface area contributed by atoms with E-state index in [1.54, 1.807) is 6.20 Å². The standard InChI is InChI=1S/C28H34ClFN6O4S/c1-28(2,16-37)6-3-8-35-14-18-13-34(9-10-36(18)27(35)40)15-21-22(26(38)39)23(19-5-4-17(30)12-20(19)29)33-24(32-21)25-31-7-11-41-25/h4-5,7,11-12,18,23,37H,3,6,8-10,13-16H2,1-2H3,(H,32,33)(H,38,39)/t18?,23-/m0/s1. The lowest BCUT2D eigenvalue weighted by atomic mass is 9.89. The highest BCUT2D eigenvalue weighted by atomic mass is 35.5. The van der Waals surface area contributed by atoms with Crippen molar-refractivity contribution in [2.24, 2.45) is 10.4 Å². The van der Waals surface area contributed by atoms with Gasteiger partial charge in [-0.25, -0.2) is 19.0 Å². The van der Waals surface area contributed by atoms with Gasteiger partial charge in [0.05, 0.1) is 11.6 Å². The van der Waals surface area contributed by atoms with Gasteiger partial charge in [0.2, 0.25) is 0 Å². The van der Waals surface area contributed by atoms with Gasteiger partial charge in [-0.2, -0.15) is 0 Å². The first kappa shape index (κ1) is 29.4. The summed E-state index contributed by atoms with van der Waals surface area (Å²) in [6.45, 7) is 7.38. The van der Waals surface area contributed by atoms with Crippen LogP contribution in [0.5, 0.6) is 0 Å². The van der Waals surface area contributed by atoms with Gasteiger partial charge in [-0.05, 0) is 30.4 Å². The Balaban J connectivity index is 1.35. The molecular weight excluding hydrogens is 571 g/mol. The Kier molecular flexibility index (Phi) is 8.65. The first-order valence-electron chi connectivity index (χ1n) is 13.6. The van der Waals surface area contributed by atoms with E-state index in [1.807, 2.05) is 29.0 Å². The molecule has 0 radical (unpaired) electrons. The summed E-state index contributed by atoms with van der Waals surface area (Å²) in [5, 5.41) is 25.6. The number of nitrogens with one attached hydrogen (secondary N) is 1. The molecule has 41 heavy (non-hydrogen) atoms. The number of aliphatic hydroxyl groups excluding tert-OH is 1. The molecule has 2 fully saturated rings. The first-order chi connectivity index (χ1) is 19.6. The van der Waals surface area contributed by atoms with E-state index in [-0.39, 0.29) is 34.7 Å². The molecule has 3 aliphatic rings. The van der Waals surface area contributed by atoms with E-state index in [9.17, 15) is 24.2 Å². The number of carbonyl (C=O) groups is 2. The van der Waals surface area contributed by atoms with E-state index < -0.39 is 17.8 Å². The number of fused-ring (bicyclic) bond motifs is 1. The van der Waals surface area contributed by atoms with Crippen molar-refractivity contribution >= 4 is 40.8 Å². The Morgan fingerprint density at radius 1 is 1.29 bits per heavy atom. The van der Waals surface area contributed by atoms with Crippen molar-refractivity contribution in [1.29, 1.82) is 0 Å². The second-order valence-electron chi connectivity index (χ2n) is 11.4. The van der Waals surface area contributed by atoms with Crippen molar-refractivity contribution < 1.29 is 24.2 Å². The second kappa shape index (κ2) is 12.0. The van der Waals surface area contributed by atoms with Gasteiger partial charge in [-0.3, -0.25) is 9.89 Å². The number of aliphatic carboxylic acids is 1. The van der Waals surface area contributed by atoms with E-state index in [2.05, 4.69) is 20.2 Å². The fraction of sp³-hybridized carbons (Fsp3) is 0.500. The highest BCUT2D eigenvalue weighted by Gasteiger charge is 2.41. The van der Waals surface area contributed by atoms with Gasteiger partial charge in [0.1, 0.15) is 11.9 Å². The number of aromatic nitrogens is 1. The number of carboxylic acid groups (broad SMARTS) is 1. The van der Waals surface area contributed by atoms with Gasteiger partial charge in [-0.1, -0.05) is 31.5 Å². The lowest BCUT2D eigenvalue weighted by Gasteiger charge is -2.38. The molecule has 2 amide bonds. The summed E-state index contributed by atoms with van der Waals surface area (Å²) in [6.07, 6.45) is 3.28. The van der Waals surface area contributed by atoms with Crippen LogP contribution in [-0.2, 0) is 4.79 Å². The van der Waals surface area contributed by atoms with E-state index in [0.29, 0.717) is 61.4 Å². The van der Waals surface area contributed by atoms with Crippen LogP contribution in [0.4, 0.5) is 9.18 Å². The number of hydrogen-bond donors (Lipinski definition) is 3. The van der Waals surface area contributed by atoms with E-state index in [1.165, 1.54) is 23.5 Å². The summed E-state index contributed by atoms with van der Waals surface area (Å²) in [5.74, 6) is -1.24. The van der Waals surface area contributed by atoms with Gasteiger partial charge in [0.25, 0.3) is 0 Å². The predicted octanol–water partition coefficient (Wildman–Crippen LogP) is 3.59. The summed E-state index contributed by atoms with van der Waals surface area (Å²) in [4.78, 5) is 40.6. The van der Waals surface area contributed by atoms with Gasteiger partial charge < -0.3 is 25.3 Å². The van der Waals surface area contributed by atoms with Crippen molar-refractivity contribution in [3.8, 4) is 0 Å². The zero-order chi connectivity index (χ0) is 29.3. The molecule has 1 aromatic carbocycles. The number of nitrogens with zero attached hydrogens (tertiary/aromatic N) is 5. The minimum absolute atomic E-state index is 0.00555. The molecule has 1 unspecified atom stereocenters. The maximum Gasteiger partial charge on any atom is 0.335 e. The predicted molar refractivity (Wildman–Crippen MR) is 155 cm³/mol. The Labute approximate surface area is 247 Å². The summed E-state index contributed by atoms with van der Waals surface area (Å²) < 4.78 is 13.8. The van der Waals surface area contributed by atoms with E-state index in [4.69, 9.17) is 11.6 Å². The molecule has 10 nitrogen and oxygen atoms in total. The van der Waals surface area contributed by atoms with Gasteiger partial charge in [0, 0.05) is 73.7 Å². The maximum atomic E-state index is 13.8. The summed E-state index contributed by atoms with van der Waals surface area (Å²) in [6, 6.07) is 2.94. The van der Waals surface area contributed by atoms with Crippen LogP contribution in [0.1, 0.15) is 43.3 Å². The maximum absolute atomic E-state index is 13.8. The fourth-order valence-corrected chi connectivity index (χ4v) is 6.45. The zero-order valence-corrected chi connectivity index (χ0v) is 24.6. The van der Waals surface area contributed by atoms with Crippen LogP contribution in [0, 0.1) is 11.2 Å². The lowest BCUT2D eigenvalue weighted by molar-refractivity contribution is -0.133. The van der Waals surface area contributed by atoms with Crippen molar-refractivity contribution in [3.05, 3.63) is 62.5 Å². The largest absolute Gasteiger partial charge is 0.478 e. The summed E-state index contributed by atoms with van der Waals surface area (Å²) in [5.41, 5.74) is 0.719. The molecule has 13 heteroatoms. The van der Waals surface area contributed by atoms with Gasteiger partial charge >= 0.3 is 12.0 Å². The van der Waals surface area contributed by atoms with Crippen molar-refractivity contribution in [3.63, 3.8) is 0 Å². The smallest absolute Gasteiger partial charge is 0.335 e. The number of aliphatic imine (C=N–C) groups is 1. The minimum atomic E-state index is -1.15. The molecule has 0 bridgehead atoms. The van der Waals surface area contributed by atoms with Gasteiger partial charge in [-0.15, -0.1) is 11.3 Å². The quantitative estimate of drug-likeness (QED) is 0.379. The molecule has 3 N–H and O–H groups in total. The number of carbonyl (C=O) groups excluding carboxylic acids is 1. The third-order valence-electron chi connectivity index (χ3n) is 7.85. The number of piperazine rings is 1. The number of urea groups is 1. The molecule has 2 atom stereocenters. The van der Waals surface area contributed by atoms with Crippen LogP contribution >= 0.6 is 22.9 Å². The average Bonchev–Trinajstić information content (AvgIpc) is 3.57. The highest BCUT2D eigenvalue weighted by Crippen LogP contribution is 2.36. The monoisotopic (exact) mass is 604 g/mol. The van der Waals surface area contributed by atoms with Crippen molar-refractivity contribution in [2.45, 2.75) is 38.8 Å². The molecule has 0 spiro atoms. The Bertz CT molecular complexity index is 1370. The Hall–Kier alpha value is -3.06. The van der Waals surface area contributed by atoms with Crippen LogP contribution in [-0.4, -0.2) is 99.7 Å². The number of amidine groups is 1. The molecule has 5 rings (SSSR count). The molecular formula is C28H34ClFN6O4S. The van der Waals surface area contributed by atoms with E-state index in [0.717, 1.165) is 18.9 Å². The minimum Gasteiger partial charge on any atom is -0.478 e. The van der Waals surface area contributed by atoms with Crippen LogP contribution in [0.15, 0.2) is 46.0 Å². The van der Waals surface area contributed by atoms with Crippen molar-refractivity contribution in [1.82, 2.24) is 25.0 Å². The van der Waals surface area contributed by atoms with Crippen LogP contribution < -0.4 is 5.32 Å². The Morgan fingerprint density at radius 2 is 2.10 bits per heavy atom. The molecule has 220 valence electrons. The molecule has 2 saturated heterocycles. The highest BCUT2D eigenvalue weighted by molar-refractivity contribution is 7.11. The molecule has 0 aliphatic carbocycles. The summed E-state index contributed by atoms with van der Waals surface area (Å²) >= 11 is 7.75. The third-order valence-corrected chi connectivity index (χ3v) is 8.96. The first-order valence-corrected chi connectivity index (χ1v) is 14.9. The van der Waals surface area contributed by atoms with Gasteiger partial charge in [0.15, 0.2) is 10.8 Å². The van der Waals surface area contributed by atoms with Crippen molar-refractivity contribution in [2.75, 3.05) is 45.9 Å². The molecule has 2 aromatic rings. The molecule has 1 aromatic heterocycles. The number of hydrogen-bond acceptors (Lipinski definition) is 8. The topological polar surface area (TPSA) is 122 Å². The number of carboxylic acids is 1. The Morgan fingerprint density at radius 3 is 2.78 bits per heavy atom. The number of benzene rings is 1. The molecule has 4 heterocycles. The lowest BCUT2D eigenvalue weighted by Crippen LogP contribution is -2.53. The SMILES string of the molecule is CC(C)(CO)CCCN1CC2CN(CC3=C(C(=O)O)[C@H](c4ccc(F)cc4Cl)N=C(c4nccs4)N3)CCN2C1=O. The summed E-state index contributed by atoms with van der Waals surface area (Å²) in [7, 11) is 0. The van der Waals surface area contributed by atoms with Crippen LogP contribution in [0.2, 0.25) is 5.02 Å². The normalized spacial score (nSPS) is 21.7. The number of aliphatic hydroxyl groups is 1. The number of amides is 2. The fourth-order valence-electron chi connectivity index (χ4n) is 5.59. The van der Waals surface area contributed by atoms with Crippen LogP contribution in [0.25, 0.3) is 0 Å². The second-order valence-corrected chi connectivity index (χ2v) is 12.7. The number of halogens is 2. The third kappa shape index (κ3) is 6.40. The average molecular weight is 605 g/mol. The molecule has 0 saturated carbocycles. The number of thiazole rings is 1. The molecule has 3 aliphatic heterocycles. The van der Waals surface area contributed by atoms with Crippen LogP contribution in [0.3, 0.4) is 0 Å². The van der Waals surface area contributed by atoms with E-state index >= 15 is 0 Å². The zero-order valence-electron chi connectivity index (χ0n) is 23.0.